The average molecular weight is 303 g/mol. The SMILES string of the molecule is COc1ccc(Cl)cc1CC(=O)Cc1cc(C)cc(C)c1. The average Bonchev–Trinajstić information content (AvgIpc) is 2.37. The first-order valence-electron chi connectivity index (χ1n) is 6.89. The molecular formula is C18H19ClO2. The molecule has 21 heavy (non-hydrogen) atoms. The van der Waals surface area contributed by atoms with Crippen LogP contribution in [0.5, 0.6) is 5.75 Å². The molecule has 110 valence electrons. The molecule has 0 saturated carbocycles. The van der Waals surface area contributed by atoms with Gasteiger partial charge in [0.2, 0.25) is 0 Å². The molecule has 0 radical (unpaired) electrons. The molecule has 0 aliphatic heterocycles. The van der Waals surface area contributed by atoms with Gasteiger partial charge in [0, 0.05) is 23.4 Å². The Bertz CT molecular complexity index is 642. The molecule has 0 fully saturated rings. The Morgan fingerprint density at radius 1 is 1.05 bits per heavy atom. The third-order valence-electron chi connectivity index (χ3n) is 3.31. The van der Waals surface area contributed by atoms with Gasteiger partial charge in [-0.2, -0.15) is 0 Å². The summed E-state index contributed by atoms with van der Waals surface area (Å²) in [5.74, 6) is 0.855. The third kappa shape index (κ3) is 4.33. The summed E-state index contributed by atoms with van der Waals surface area (Å²) in [7, 11) is 1.60. The second-order valence-electron chi connectivity index (χ2n) is 5.34. The molecule has 0 aliphatic carbocycles. The van der Waals surface area contributed by atoms with Gasteiger partial charge in [0.1, 0.15) is 11.5 Å². The topological polar surface area (TPSA) is 26.3 Å². The first-order valence-corrected chi connectivity index (χ1v) is 7.27. The van der Waals surface area contributed by atoms with Crippen LogP contribution in [0.25, 0.3) is 0 Å². The van der Waals surface area contributed by atoms with Gasteiger partial charge >= 0.3 is 0 Å². The van der Waals surface area contributed by atoms with Crippen molar-refractivity contribution in [2.24, 2.45) is 0 Å². The molecule has 0 unspecified atom stereocenters. The smallest absolute Gasteiger partial charge is 0.141 e. The molecule has 0 bridgehead atoms. The number of Topliss-reactive ketones (excluding diaryl/α,β-unsaturated/α-hetero) is 1. The molecule has 0 atom stereocenters. The van der Waals surface area contributed by atoms with Crippen LogP contribution in [0.4, 0.5) is 0 Å². The van der Waals surface area contributed by atoms with E-state index in [-0.39, 0.29) is 5.78 Å². The molecule has 0 amide bonds. The van der Waals surface area contributed by atoms with Gasteiger partial charge in [-0.3, -0.25) is 4.79 Å². The van der Waals surface area contributed by atoms with Crippen LogP contribution in [-0.2, 0) is 17.6 Å². The Labute approximate surface area is 130 Å². The van der Waals surface area contributed by atoms with Gasteiger partial charge in [-0.15, -0.1) is 0 Å². The van der Waals surface area contributed by atoms with Gasteiger partial charge in [-0.05, 0) is 37.6 Å². The van der Waals surface area contributed by atoms with E-state index in [9.17, 15) is 4.79 Å². The fraction of sp³-hybridized carbons (Fsp3) is 0.278. The summed E-state index contributed by atoms with van der Waals surface area (Å²) < 4.78 is 5.28. The second-order valence-corrected chi connectivity index (χ2v) is 5.78. The van der Waals surface area contributed by atoms with E-state index in [1.165, 1.54) is 11.1 Å². The molecule has 0 aliphatic rings. The van der Waals surface area contributed by atoms with Crippen molar-refractivity contribution in [2.75, 3.05) is 7.11 Å². The summed E-state index contributed by atoms with van der Waals surface area (Å²) in [6, 6.07) is 11.6. The number of ketones is 1. The number of hydrogen-bond acceptors (Lipinski definition) is 2. The molecule has 0 aromatic heterocycles. The predicted molar refractivity (Wildman–Crippen MR) is 86.3 cm³/mol. The third-order valence-corrected chi connectivity index (χ3v) is 3.55. The number of aryl methyl sites for hydroxylation is 2. The highest BCUT2D eigenvalue weighted by atomic mass is 35.5. The summed E-state index contributed by atoms with van der Waals surface area (Å²) >= 11 is 5.99. The quantitative estimate of drug-likeness (QED) is 0.822. The van der Waals surface area contributed by atoms with Crippen molar-refractivity contribution in [2.45, 2.75) is 26.7 Å². The standard InChI is InChI=1S/C18H19ClO2/c1-12-6-13(2)8-14(7-12)9-17(20)11-15-10-16(19)4-5-18(15)21-3/h4-8,10H,9,11H2,1-3H3. The Kier molecular flexibility index (Phi) is 5.03. The minimum Gasteiger partial charge on any atom is -0.496 e. The predicted octanol–water partition coefficient (Wildman–Crippen LogP) is 4.32. The van der Waals surface area contributed by atoms with Crippen molar-refractivity contribution in [3.05, 3.63) is 63.7 Å². The number of hydrogen-bond donors (Lipinski definition) is 0. The maximum absolute atomic E-state index is 12.3. The van der Waals surface area contributed by atoms with Crippen LogP contribution in [0.2, 0.25) is 5.02 Å². The molecule has 2 rings (SSSR count). The van der Waals surface area contributed by atoms with Crippen molar-refractivity contribution in [3.8, 4) is 5.75 Å². The molecular weight excluding hydrogens is 284 g/mol. The zero-order valence-corrected chi connectivity index (χ0v) is 13.3. The Hall–Kier alpha value is -1.80. The fourth-order valence-corrected chi connectivity index (χ4v) is 2.75. The fourth-order valence-electron chi connectivity index (χ4n) is 2.56. The summed E-state index contributed by atoms with van der Waals surface area (Å²) in [6.07, 6.45) is 0.759. The maximum atomic E-state index is 12.3. The number of halogens is 1. The minimum atomic E-state index is 0.153. The van der Waals surface area contributed by atoms with Crippen LogP contribution < -0.4 is 4.74 Å². The highest BCUT2D eigenvalue weighted by Crippen LogP contribution is 2.23. The van der Waals surface area contributed by atoms with Crippen LogP contribution in [-0.4, -0.2) is 12.9 Å². The van der Waals surface area contributed by atoms with Crippen LogP contribution in [0.15, 0.2) is 36.4 Å². The van der Waals surface area contributed by atoms with Crippen molar-refractivity contribution < 1.29 is 9.53 Å². The number of carbonyl (C=O) groups is 1. The Morgan fingerprint density at radius 3 is 2.33 bits per heavy atom. The molecule has 0 heterocycles. The number of methoxy groups -OCH3 is 1. The van der Waals surface area contributed by atoms with E-state index < -0.39 is 0 Å². The van der Waals surface area contributed by atoms with E-state index in [4.69, 9.17) is 16.3 Å². The Balaban J connectivity index is 2.13. The normalized spacial score (nSPS) is 10.5. The van der Waals surface area contributed by atoms with E-state index in [1.807, 2.05) is 13.8 Å². The molecule has 3 heteroatoms. The van der Waals surface area contributed by atoms with Gasteiger partial charge in [0.05, 0.1) is 7.11 Å². The zero-order chi connectivity index (χ0) is 15.4. The lowest BCUT2D eigenvalue weighted by molar-refractivity contribution is -0.117. The van der Waals surface area contributed by atoms with E-state index in [1.54, 1.807) is 25.3 Å². The first-order chi connectivity index (χ1) is 9.97. The molecule has 0 spiro atoms. The molecule has 0 N–H and O–H groups in total. The molecule has 2 nitrogen and oxygen atoms in total. The van der Waals surface area contributed by atoms with Crippen molar-refractivity contribution in [3.63, 3.8) is 0 Å². The maximum Gasteiger partial charge on any atom is 0.141 e. The monoisotopic (exact) mass is 302 g/mol. The molecule has 0 saturated heterocycles. The van der Waals surface area contributed by atoms with Crippen molar-refractivity contribution in [1.29, 1.82) is 0 Å². The lowest BCUT2D eigenvalue weighted by atomic mass is 9.99. The lowest BCUT2D eigenvalue weighted by Crippen LogP contribution is -2.08. The van der Waals surface area contributed by atoms with Crippen molar-refractivity contribution >= 4 is 17.4 Å². The second kappa shape index (κ2) is 6.77. The highest BCUT2D eigenvalue weighted by molar-refractivity contribution is 6.30. The van der Waals surface area contributed by atoms with Crippen LogP contribution in [0.3, 0.4) is 0 Å². The van der Waals surface area contributed by atoms with E-state index in [2.05, 4.69) is 18.2 Å². The minimum absolute atomic E-state index is 0.153. The summed E-state index contributed by atoms with van der Waals surface area (Å²) in [4.78, 5) is 12.3. The zero-order valence-electron chi connectivity index (χ0n) is 12.6. The van der Waals surface area contributed by atoms with E-state index >= 15 is 0 Å². The number of ether oxygens (including phenoxy) is 1. The summed E-state index contributed by atoms with van der Waals surface area (Å²) in [5, 5.41) is 0.616. The summed E-state index contributed by atoms with van der Waals surface area (Å²) in [5.41, 5.74) is 4.24. The van der Waals surface area contributed by atoms with Gasteiger partial charge in [-0.25, -0.2) is 0 Å². The molecule has 2 aromatic carbocycles. The van der Waals surface area contributed by atoms with Crippen molar-refractivity contribution in [1.82, 2.24) is 0 Å². The number of carbonyl (C=O) groups excluding carboxylic acids is 1. The largest absolute Gasteiger partial charge is 0.496 e. The number of rotatable bonds is 5. The van der Waals surface area contributed by atoms with Gasteiger partial charge in [-0.1, -0.05) is 40.9 Å². The van der Waals surface area contributed by atoms with E-state index in [0.717, 1.165) is 11.1 Å². The number of benzene rings is 2. The van der Waals surface area contributed by atoms with E-state index in [0.29, 0.717) is 23.6 Å². The van der Waals surface area contributed by atoms with Gasteiger partial charge < -0.3 is 4.74 Å². The Morgan fingerprint density at radius 2 is 1.71 bits per heavy atom. The molecule has 2 aromatic rings. The highest BCUT2D eigenvalue weighted by Gasteiger charge is 2.11. The first kappa shape index (κ1) is 15.6. The van der Waals surface area contributed by atoms with Crippen LogP contribution in [0, 0.1) is 13.8 Å². The van der Waals surface area contributed by atoms with Crippen LogP contribution in [0.1, 0.15) is 22.3 Å². The lowest BCUT2D eigenvalue weighted by Gasteiger charge is -2.09. The van der Waals surface area contributed by atoms with Gasteiger partial charge in [0.25, 0.3) is 0 Å². The van der Waals surface area contributed by atoms with Crippen LogP contribution >= 0.6 is 11.6 Å². The van der Waals surface area contributed by atoms with Gasteiger partial charge in [0.15, 0.2) is 0 Å². The summed E-state index contributed by atoms with van der Waals surface area (Å²) in [6.45, 7) is 4.09.